The quantitative estimate of drug-likeness (QED) is 0.399. The van der Waals surface area contributed by atoms with E-state index in [1.165, 1.54) is 12.8 Å². The molecule has 0 aromatic heterocycles. The lowest BCUT2D eigenvalue weighted by atomic mass is 9.98. The van der Waals surface area contributed by atoms with E-state index in [-0.39, 0.29) is 17.9 Å². The smallest absolute Gasteiger partial charge is 0.342 e. The van der Waals surface area contributed by atoms with Crippen molar-refractivity contribution in [2.75, 3.05) is 14.2 Å². The van der Waals surface area contributed by atoms with Crippen LogP contribution in [0.15, 0.2) is 12.1 Å². The van der Waals surface area contributed by atoms with Crippen LogP contribution < -0.4 is 9.47 Å². The van der Waals surface area contributed by atoms with E-state index in [2.05, 4.69) is 6.92 Å². The second kappa shape index (κ2) is 9.15. The SMILES string of the molecule is COc1cc(OC)c2c(c1)C(CCCCCCC1CCC3(CCC(C)O3)O1)OC2=O. The van der Waals surface area contributed by atoms with Gasteiger partial charge < -0.3 is 23.7 Å². The molecule has 0 saturated carbocycles. The standard InChI is InChI=1S/C24H34O6/c1-16-10-12-24(29-16)13-11-17(30-24)8-6-4-5-7-9-20-19-14-18(26-2)15-21(27-3)22(19)23(25)28-20/h14-17,20H,4-13H2,1-3H3. The molecule has 1 aromatic rings. The van der Waals surface area contributed by atoms with Gasteiger partial charge in [-0.2, -0.15) is 0 Å². The van der Waals surface area contributed by atoms with Gasteiger partial charge in [0.1, 0.15) is 23.2 Å². The second-order valence-electron chi connectivity index (χ2n) is 8.84. The zero-order valence-electron chi connectivity index (χ0n) is 18.4. The van der Waals surface area contributed by atoms with Crippen molar-refractivity contribution in [3.8, 4) is 11.5 Å². The van der Waals surface area contributed by atoms with Gasteiger partial charge in [-0.25, -0.2) is 4.79 Å². The van der Waals surface area contributed by atoms with Gasteiger partial charge in [0.2, 0.25) is 0 Å². The summed E-state index contributed by atoms with van der Waals surface area (Å²) in [6.45, 7) is 2.14. The maximum atomic E-state index is 12.3. The number of cyclic esters (lactones) is 1. The molecule has 1 aromatic carbocycles. The van der Waals surface area contributed by atoms with Crippen molar-refractivity contribution >= 4 is 5.97 Å². The van der Waals surface area contributed by atoms with Crippen LogP contribution in [0, 0.1) is 0 Å². The molecule has 1 spiro atoms. The van der Waals surface area contributed by atoms with Gasteiger partial charge in [-0.15, -0.1) is 0 Å². The van der Waals surface area contributed by atoms with E-state index in [1.807, 2.05) is 6.07 Å². The van der Waals surface area contributed by atoms with Crippen molar-refractivity contribution < 1.29 is 28.5 Å². The highest BCUT2D eigenvalue weighted by Gasteiger charge is 2.45. The van der Waals surface area contributed by atoms with Crippen LogP contribution in [-0.2, 0) is 14.2 Å². The van der Waals surface area contributed by atoms with Crippen molar-refractivity contribution in [1.29, 1.82) is 0 Å². The van der Waals surface area contributed by atoms with Gasteiger partial charge in [0, 0.05) is 24.5 Å². The first-order chi connectivity index (χ1) is 14.5. The summed E-state index contributed by atoms with van der Waals surface area (Å²) < 4.78 is 28.6. The molecule has 3 heterocycles. The lowest BCUT2D eigenvalue weighted by Crippen LogP contribution is -2.28. The van der Waals surface area contributed by atoms with Crippen LogP contribution in [0.3, 0.4) is 0 Å². The molecule has 166 valence electrons. The summed E-state index contributed by atoms with van der Waals surface area (Å²) in [6.07, 6.45) is 11.2. The van der Waals surface area contributed by atoms with Crippen LogP contribution in [0.25, 0.3) is 0 Å². The minimum absolute atomic E-state index is 0.212. The van der Waals surface area contributed by atoms with Crippen LogP contribution in [0.2, 0.25) is 0 Å². The number of rotatable bonds is 9. The Morgan fingerprint density at radius 1 is 1.00 bits per heavy atom. The highest BCUT2D eigenvalue weighted by molar-refractivity contribution is 5.97. The first-order valence-corrected chi connectivity index (χ1v) is 11.4. The maximum absolute atomic E-state index is 12.3. The predicted octanol–water partition coefficient (Wildman–Crippen LogP) is 5.33. The maximum Gasteiger partial charge on any atom is 0.342 e. The lowest BCUT2D eigenvalue weighted by Gasteiger charge is -2.24. The molecule has 30 heavy (non-hydrogen) atoms. The number of hydrogen-bond donors (Lipinski definition) is 0. The fraction of sp³-hybridized carbons (Fsp3) is 0.708. The minimum Gasteiger partial charge on any atom is -0.497 e. The molecule has 0 radical (unpaired) electrons. The summed E-state index contributed by atoms with van der Waals surface area (Å²) in [7, 11) is 3.17. The number of hydrogen-bond acceptors (Lipinski definition) is 6. The van der Waals surface area contributed by atoms with Gasteiger partial charge in [0.05, 0.1) is 26.4 Å². The molecule has 0 amide bonds. The summed E-state index contributed by atoms with van der Waals surface area (Å²) >= 11 is 0. The van der Waals surface area contributed by atoms with Gasteiger partial charge in [-0.3, -0.25) is 0 Å². The lowest BCUT2D eigenvalue weighted by molar-refractivity contribution is -0.214. The Labute approximate surface area is 179 Å². The number of carbonyl (C=O) groups excluding carboxylic acids is 1. The summed E-state index contributed by atoms with van der Waals surface area (Å²) in [5.74, 6) is 0.632. The second-order valence-corrected chi connectivity index (χ2v) is 8.84. The Morgan fingerprint density at radius 3 is 2.47 bits per heavy atom. The number of ether oxygens (including phenoxy) is 5. The van der Waals surface area contributed by atoms with E-state index in [0.717, 1.165) is 56.9 Å². The van der Waals surface area contributed by atoms with Crippen molar-refractivity contribution in [2.45, 2.75) is 95.2 Å². The first kappa shape index (κ1) is 21.4. The molecule has 0 aliphatic carbocycles. The van der Waals surface area contributed by atoms with Gasteiger partial charge in [0.25, 0.3) is 0 Å². The Bertz CT molecular complexity index is 762. The molecule has 0 bridgehead atoms. The largest absolute Gasteiger partial charge is 0.497 e. The average Bonchev–Trinajstić information content (AvgIpc) is 3.41. The molecule has 6 nitrogen and oxygen atoms in total. The van der Waals surface area contributed by atoms with E-state index >= 15 is 0 Å². The van der Waals surface area contributed by atoms with Crippen molar-refractivity contribution in [3.05, 3.63) is 23.3 Å². The minimum atomic E-state index is -0.301. The van der Waals surface area contributed by atoms with E-state index in [4.69, 9.17) is 23.7 Å². The Hall–Kier alpha value is -1.79. The van der Waals surface area contributed by atoms with Gasteiger partial charge in [-0.05, 0) is 45.1 Å². The third-order valence-electron chi connectivity index (χ3n) is 6.68. The zero-order valence-corrected chi connectivity index (χ0v) is 18.4. The van der Waals surface area contributed by atoms with Gasteiger partial charge in [-0.1, -0.05) is 19.3 Å². The number of unbranched alkanes of at least 4 members (excludes halogenated alkanes) is 3. The van der Waals surface area contributed by atoms with Crippen molar-refractivity contribution in [1.82, 2.24) is 0 Å². The molecule has 4 unspecified atom stereocenters. The fourth-order valence-electron chi connectivity index (χ4n) is 5.07. The van der Waals surface area contributed by atoms with Gasteiger partial charge in [0.15, 0.2) is 5.79 Å². The summed E-state index contributed by atoms with van der Waals surface area (Å²) in [4.78, 5) is 12.3. The number of esters is 1. The molecule has 2 fully saturated rings. The molecular weight excluding hydrogens is 384 g/mol. The van der Waals surface area contributed by atoms with Crippen molar-refractivity contribution in [3.63, 3.8) is 0 Å². The molecule has 2 saturated heterocycles. The Balaban J connectivity index is 1.19. The van der Waals surface area contributed by atoms with Crippen LogP contribution in [0.5, 0.6) is 11.5 Å². The first-order valence-electron chi connectivity index (χ1n) is 11.4. The fourth-order valence-corrected chi connectivity index (χ4v) is 5.07. The number of fused-ring (bicyclic) bond motifs is 1. The summed E-state index contributed by atoms with van der Waals surface area (Å²) in [5, 5.41) is 0. The van der Waals surface area contributed by atoms with Crippen molar-refractivity contribution in [2.24, 2.45) is 0 Å². The number of methoxy groups -OCH3 is 2. The molecule has 3 aliphatic heterocycles. The Morgan fingerprint density at radius 2 is 1.77 bits per heavy atom. The predicted molar refractivity (Wildman–Crippen MR) is 112 cm³/mol. The van der Waals surface area contributed by atoms with Crippen LogP contribution in [0.4, 0.5) is 0 Å². The molecule has 0 N–H and O–H groups in total. The number of benzene rings is 1. The highest BCUT2D eigenvalue weighted by Crippen LogP contribution is 2.43. The molecule has 6 heteroatoms. The highest BCUT2D eigenvalue weighted by atomic mass is 16.7. The molecule has 4 atom stereocenters. The topological polar surface area (TPSA) is 63.2 Å². The van der Waals surface area contributed by atoms with E-state index in [1.54, 1.807) is 20.3 Å². The zero-order chi connectivity index (χ0) is 21.1. The van der Waals surface area contributed by atoms with E-state index < -0.39 is 0 Å². The summed E-state index contributed by atoms with van der Waals surface area (Å²) in [6, 6.07) is 3.63. The number of carbonyl (C=O) groups is 1. The normalized spacial score (nSPS) is 30.0. The van der Waals surface area contributed by atoms with Crippen LogP contribution >= 0.6 is 0 Å². The molecule has 4 rings (SSSR count). The van der Waals surface area contributed by atoms with Crippen LogP contribution in [-0.4, -0.2) is 38.2 Å². The third kappa shape index (κ3) is 4.45. The van der Waals surface area contributed by atoms with Crippen LogP contribution in [0.1, 0.15) is 93.2 Å². The molecular formula is C24H34O6. The third-order valence-corrected chi connectivity index (χ3v) is 6.68. The molecule has 3 aliphatic rings. The monoisotopic (exact) mass is 418 g/mol. The van der Waals surface area contributed by atoms with E-state index in [9.17, 15) is 4.79 Å². The average molecular weight is 419 g/mol. The Kier molecular flexibility index (Phi) is 6.54. The summed E-state index contributed by atoms with van der Waals surface area (Å²) in [5.41, 5.74) is 1.42. The van der Waals surface area contributed by atoms with E-state index in [0.29, 0.717) is 29.3 Å². The van der Waals surface area contributed by atoms with Gasteiger partial charge >= 0.3 is 5.97 Å².